The molecule has 2 aromatic rings. The van der Waals surface area contributed by atoms with Crippen LogP contribution in [0.1, 0.15) is 37.2 Å². The summed E-state index contributed by atoms with van der Waals surface area (Å²) in [5.74, 6) is 2.83. The number of cyclic esters (lactones) is 1. The van der Waals surface area contributed by atoms with E-state index in [9.17, 15) is 4.79 Å². The first kappa shape index (κ1) is 15.1. The fraction of sp³-hybridized carbons (Fsp3) is 0.421. The van der Waals surface area contributed by atoms with Crippen molar-refractivity contribution in [2.24, 2.45) is 11.8 Å². The molecular formula is C19H21N3O2. The molecule has 2 fully saturated rings. The van der Waals surface area contributed by atoms with Crippen molar-refractivity contribution >= 4 is 11.9 Å². The lowest BCUT2D eigenvalue weighted by Gasteiger charge is -2.21. The molecule has 5 heteroatoms. The van der Waals surface area contributed by atoms with Crippen LogP contribution in [0.25, 0.3) is 0 Å². The second-order valence-electron chi connectivity index (χ2n) is 6.72. The molecule has 0 N–H and O–H groups in total. The maximum atomic E-state index is 12.3. The van der Waals surface area contributed by atoms with Gasteiger partial charge in [0.1, 0.15) is 24.3 Å². The maximum absolute atomic E-state index is 12.3. The van der Waals surface area contributed by atoms with Gasteiger partial charge in [0.15, 0.2) is 0 Å². The van der Waals surface area contributed by atoms with Crippen LogP contribution in [0.3, 0.4) is 0 Å². The number of benzene rings is 1. The van der Waals surface area contributed by atoms with Crippen molar-refractivity contribution in [3.05, 3.63) is 54.0 Å². The van der Waals surface area contributed by atoms with Crippen molar-refractivity contribution in [2.45, 2.75) is 32.2 Å². The number of hydrogen-bond acceptors (Lipinski definition) is 4. The number of anilines is 1. The van der Waals surface area contributed by atoms with Gasteiger partial charge < -0.3 is 4.74 Å². The highest BCUT2D eigenvalue weighted by Gasteiger charge is 2.36. The number of nitrogens with zero attached hydrogens (tertiary/aromatic N) is 3. The number of carbonyl (C=O) groups excluding carboxylic acids is 1. The Balaban J connectivity index is 1.60. The predicted molar refractivity (Wildman–Crippen MR) is 90.6 cm³/mol. The molecule has 2 atom stereocenters. The van der Waals surface area contributed by atoms with Gasteiger partial charge in [0.2, 0.25) is 0 Å². The van der Waals surface area contributed by atoms with E-state index >= 15 is 0 Å². The second-order valence-corrected chi connectivity index (χ2v) is 6.72. The van der Waals surface area contributed by atoms with Gasteiger partial charge in [-0.25, -0.2) is 14.8 Å². The normalized spacial score (nSPS) is 21.6. The van der Waals surface area contributed by atoms with Gasteiger partial charge in [-0.15, -0.1) is 0 Å². The van der Waals surface area contributed by atoms with Crippen LogP contribution in [0.5, 0.6) is 0 Å². The molecule has 124 valence electrons. The van der Waals surface area contributed by atoms with Gasteiger partial charge in [-0.3, -0.25) is 4.90 Å². The molecule has 1 amide bonds. The monoisotopic (exact) mass is 323 g/mol. The molecule has 0 radical (unpaired) electrons. The van der Waals surface area contributed by atoms with E-state index in [1.165, 1.54) is 12.8 Å². The van der Waals surface area contributed by atoms with Gasteiger partial charge in [0.05, 0.1) is 0 Å². The number of ether oxygens (including phenoxy) is 1. The molecule has 0 spiro atoms. The lowest BCUT2D eigenvalue weighted by Crippen LogP contribution is -2.28. The lowest BCUT2D eigenvalue weighted by atomic mass is 10.0. The molecule has 1 saturated heterocycles. The van der Waals surface area contributed by atoms with E-state index in [-0.39, 0.29) is 12.1 Å². The summed E-state index contributed by atoms with van der Waals surface area (Å²) in [6.07, 6.45) is 4.89. The highest BCUT2D eigenvalue weighted by molar-refractivity contribution is 5.89. The SMILES string of the molecule is C[C@H](Cc1nccc(N2C(=O)OC[C@H]2c2ccccc2)n1)C1CC1. The molecule has 24 heavy (non-hydrogen) atoms. The number of amides is 1. The van der Waals surface area contributed by atoms with E-state index < -0.39 is 0 Å². The summed E-state index contributed by atoms with van der Waals surface area (Å²) in [4.78, 5) is 22.9. The average molecular weight is 323 g/mol. The molecule has 2 heterocycles. The number of hydrogen-bond donors (Lipinski definition) is 0. The standard InChI is InChI=1S/C19H21N3O2/c1-13(14-7-8-14)11-17-20-10-9-18(21-17)22-16(12-24-19(22)23)15-5-3-2-4-6-15/h2-6,9-10,13-14,16H,7-8,11-12H2,1H3/t13-,16+/m1/s1. The summed E-state index contributed by atoms with van der Waals surface area (Å²) in [5.41, 5.74) is 1.05. The molecular weight excluding hydrogens is 302 g/mol. The molecule has 0 bridgehead atoms. The highest BCUT2D eigenvalue weighted by atomic mass is 16.6. The maximum Gasteiger partial charge on any atom is 0.416 e. The van der Waals surface area contributed by atoms with Crippen LogP contribution in [-0.4, -0.2) is 22.7 Å². The van der Waals surface area contributed by atoms with E-state index in [0.717, 1.165) is 23.7 Å². The van der Waals surface area contributed by atoms with E-state index in [2.05, 4.69) is 16.9 Å². The topological polar surface area (TPSA) is 55.3 Å². The third-order valence-corrected chi connectivity index (χ3v) is 4.93. The van der Waals surface area contributed by atoms with Crippen molar-refractivity contribution in [3.8, 4) is 0 Å². The van der Waals surface area contributed by atoms with Gasteiger partial charge in [-0.2, -0.15) is 0 Å². The summed E-state index contributed by atoms with van der Waals surface area (Å²) in [7, 11) is 0. The van der Waals surface area contributed by atoms with Crippen LogP contribution < -0.4 is 4.90 Å². The third-order valence-electron chi connectivity index (χ3n) is 4.93. The molecule has 1 aliphatic carbocycles. The summed E-state index contributed by atoms with van der Waals surface area (Å²) >= 11 is 0. The van der Waals surface area contributed by atoms with Gasteiger partial charge in [0, 0.05) is 12.6 Å². The Kier molecular flexibility index (Phi) is 3.92. The molecule has 1 aromatic carbocycles. The summed E-state index contributed by atoms with van der Waals surface area (Å²) in [6.45, 7) is 2.60. The second kappa shape index (κ2) is 6.23. The quantitative estimate of drug-likeness (QED) is 0.840. The Morgan fingerprint density at radius 1 is 1.25 bits per heavy atom. The zero-order valence-corrected chi connectivity index (χ0v) is 13.8. The zero-order chi connectivity index (χ0) is 16.5. The van der Waals surface area contributed by atoms with Crippen LogP contribution in [-0.2, 0) is 11.2 Å². The number of rotatable bonds is 5. The van der Waals surface area contributed by atoms with E-state index in [1.54, 1.807) is 17.2 Å². The van der Waals surface area contributed by atoms with Crippen LogP contribution in [0.15, 0.2) is 42.6 Å². The minimum absolute atomic E-state index is 0.137. The van der Waals surface area contributed by atoms with Gasteiger partial charge in [0.25, 0.3) is 0 Å². The molecule has 4 rings (SSSR count). The van der Waals surface area contributed by atoms with Crippen molar-refractivity contribution < 1.29 is 9.53 Å². The minimum atomic E-state index is -0.344. The van der Waals surface area contributed by atoms with E-state index in [4.69, 9.17) is 4.74 Å². The van der Waals surface area contributed by atoms with Crippen molar-refractivity contribution in [1.29, 1.82) is 0 Å². The van der Waals surface area contributed by atoms with Crippen LogP contribution in [0.2, 0.25) is 0 Å². The van der Waals surface area contributed by atoms with E-state index in [1.807, 2.05) is 30.3 Å². The molecule has 0 unspecified atom stereocenters. The van der Waals surface area contributed by atoms with Crippen LogP contribution in [0.4, 0.5) is 10.6 Å². The van der Waals surface area contributed by atoms with Crippen molar-refractivity contribution in [3.63, 3.8) is 0 Å². The Morgan fingerprint density at radius 3 is 2.79 bits per heavy atom. The fourth-order valence-electron chi connectivity index (χ4n) is 3.34. The first-order valence-corrected chi connectivity index (χ1v) is 8.55. The summed E-state index contributed by atoms with van der Waals surface area (Å²) in [5, 5.41) is 0. The van der Waals surface area contributed by atoms with Crippen LogP contribution >= 0.6 is 0 Å². The molecule has 1 aliphatic heterocycles. The smallest absolute Gasteiger partial charge is 0.416 e. The fourth-order valence-corrected chi connectivity index (χ4v) is 3.34. The first-order valence-electron chi connectivity index (χ1n) is 8.55. The Hall–Kier alpha value is -2.43. The van der Waals surface area contributed by atoms with Gasteiger partial charge in [-0.1, -0.05) is 37.3 Å². The Morgan fingerprint density at radius 2 is 2.04 bits per heavy atom. The lowest BCUT2D eigenvalue weighted by molar-refractivity contribution is 0.179. The Labute approximate surface area is 141 Å². The summed E-state index contributed by atoms with van der Waals surface area (Å²) < 4.78 is 5.28. The van der Waals surface area contributed by atoms with Crippen molar-refractivity contribution in [1.82, 2.24) is 9.97 Å². The van der Waals surface area contributed by atoms with Gasteiger partial charge in [-0.05, 0) is 36.3 Å². The molecule has 1 saturated carbocycles. The number of aromatic nitrogens is 2. The zero-order valence-electron chi connectivity index (χ0n) is 13.8. The number of carbonyl (C=O) groups is 1. The third kappa shape index (κ3) is 2.98. The van der Waals surface area contributed by atoms with E-state index in [0.29, 0.717) is 18.3 Å². The highest BCUT2D eigenvalue weighted by Crippen LogP contribution is 2.38. The Bertz CT molecular complexity index is 730. The molecule has 1 aromatic heterocycles. The molecule has 5 nitrogen and oxygen atoms in total. The van der Waals surface area contributed by atoms with Crippen molar-refractivity contribution in [2.75, 3.05) is 11.5 Å². The van der Waals surface area contributed by atoms with Gasteiger partial charge >= 0.3 is 6.09 Å². The average Bonchev–Trinajstić information content (AvgIpc) is 3.38. The molecule has 2 aliphatic rings. The first-order chi connectivity index (χ1) is 11.7. The largest absolute Gasteiger partial charge is 0.447 e. The minimum Gasteiger partial charge on any atom is -0.447 e. The predicted octanol–water partition coefficient (Wildman–Crippen LogP) is 3.76. The van der Waals surface area contributed by atoms with Crippen LogP contribution in [0, 0.1) is 11.8 Å². The summed E-state index contributed by atoms with van der Waals surface area (Å²) in [6, 6.07) is 11.6.